The van der Waals surface area contributed by atoms with Gasteiger partial charge in [-0.25, -0.2) is 8.42 Å². The molecule has 1 saturated heterocycles. The fraction of sp³-hybridized carbons (Fsp3) is 0.500. The maximum Gasteiger partial charge on any atom is 0.252 e. The van der Waals surface area contributed by atoms with Crippen molar-refractivity contribution in [3.05, 3.63) is 22.7 Å². The summed E-state index contributed by atoms with van der Waals surface area (Å²) in [5.74, 6) is -0.137. The molecular weight excluding hydrogens is 384 g/mol. The van der Waals surface area contributed by atoms with Crippen LogP contribution in [-0.4, -0.2) is 69.0 Å². The minimum atomic E-state index is -3.08. The third-order valence-electron chi connectivity index (χ3n) is 4.23. The fourth-order valence-electron chi connectivity index (χ4n) is 2.79. The van der Waals surface area contributed by atoms with Crippen LogP contribution >= 0.6 is 11.6 Å². The highest BCUT2D eigenvalue weighted by Gasteiger charge is 2.29. The summed E-state index contributed by atoms with van der Waals surface area (Å²) in [5.41, 5.74) is 0.250. The number of hydrogen-bond donors (Lipinski definition) is 1. The van der Waals surface area contributed by atoms with E-state index in [2.05, 4.69) is 5.32 Å². The zero-order chi connectivity index (χ0) is 18.9. The average molecular weight is 403 g/mol. The number of carbonyl (C=O) groups is 2. The number of ether oxygens (including phenoxy) is 2. The molecule has 2 aliphatic rings. The van der Waals surface area contributed by atoms with E-state index in [-0.39, 0.29) is 41.1 Å². The third kappa shape index (κ3) is 4.04. The quantitative estimate of drug-likeness (QED) is 0.789. The Hall–Kier alpha value is -2.00. The predicted octanol–water partition coefficient (Wildman–Crippen LogP) is 0.486. The summed E-state index contributed by atoms with van der Waals surface area (Å²) < 4.78 is 33.8. The van der Waals surface area contributed by atoms with Crippen molar-refractivity contribution in [2.75, 3.05) is 37.8 Å². The molecule has 1 fully saturated rings. The highest BCUT2D eigenvalue weighted by molar-refractivity contribution is 7.91. The Morgan fingerprint density at radius 3 is 2.54 bits per heavy atom. The first kappa shape index (κ1) is 18.8. The Balaban J connectivity index is 1.66. The molecular formula is C16H19ClN2O6S. The first-order chi connectivity index (χ1) is 12.3. The third-order valence-corrected chi connectivity index (χ3v) is 6.12. The summed E-state index contributed by atoms with van der Waals surface area (Å²) in [7, 11) is -3.08. The number of amides is 2. The lowest BCUT2D eigenvalue weighted by atomic mass is 10.1. The van der Waals surface area contributed by atoms with Crippen LogP contribution in [0.5, 0.6) is 11.5 Å². The Morgan fingerprint density at radius 2 is 1.85 bits per heavy atom. The van der Waals surface area contributed by atoms with E-state index >= 15 is 0 Å². The maximum atomic E-state index is 12.5. The van der Waals surface area contributed by atoms with E-state index < -0.39 is 21.8 Å². The van der Waals surface area contributed by atoms with Gasteiger partial charge in [0.25, 0.3) is 5.91 Å². The predicted molar refractivity (Wildman–Crippen MR) is 94.6 cm³/mol. The zero-order valence-corrected chi connectivity index (χ0v) is 15.7. The number of rotatable bonds is 3. The van der Waals surface area contributed by atoms with Crippen molar-refractivity contribution in [2.24, 2.45) is 0 Å². The van der Waals surface area contributed by atoms with Gasteiger partial charge in [0.1, 0.15) is 19.3 Å². The van der Waals surface area contributed by atoms with Gasteiger partial charge in [0.2, 0.25) is 5.91 Å². The molecule has 1 aromatic carbocycles. The van der Waals surface area contributed by atoms with Crippen molar-refractivity contribution in [3.8, 4) is 11.5 Å². The van der Waals surface area contributed by atoms with Crippen LogP contribution in [0.15, 0.2) is 12.1 Å². The Labute approximate surface area is 156 Å². The smallest absolute Gasteiger partial charge is 0.252 e. The SMILES string of the molecule is CC(NC(=O)c1cc(Cl)c2c(c1)OCCO2)C(=O)N1CCS(=O)(=O)CC1. The summed E-state index contributed by atoms with van der Waals surface area (Å²) in [6.07, 6.45) is 0. The van der Waals surface area contributed by atoms with Gasteiger partial charge in [0, 0.05) is 18.7 Å². The van der Waals surface area contributed by atoms with E-state index in [1.54, 1.807) is 6.92 Å². The molecule has 2 aliphatic heterocycles. The van der Waals surface area contributed by atoms with Crippen LogP contribution in [0.2, 0.25) is 5.02 Å². The second-order valence-electron chi connectivity index (χ2n) is 6.15. The number of nitrogens with zero attached hydrogens (tertiary/aromatic N) is 1. The van der Waals surface area contributed by atoms with Crippen LogP contribution in [0.4, 0.5) is 0 Å². The molecule has 0 saturated carbocycles. The second-order valence-corrected chi connectivity index (χ2v) is 8.87. The van der Waals surface area contributed by atoms with Gasteiger partial charge in [-0.3, -0.25) is 9.59 Å². The van der Waals surface area contributed by atoms with Crippen LogP contribution in [0.1, 0.15) is 17.3 Å². The summed E-state index contributed by atoms with van der Waals surface area (Å²) in [6, 6.07) is 2.17. The molecule has 2 heterocycles. The first-order valence-electron chi connectivity index (χ1n) is 8.16. The highest BCUT2D eigenvalue weighted by atomic mass is 35.5. The summed E-state index contributed by atoms with van der Waals surface area (Å²) in [5, 5.41) is 2.87. The van der Waals surface area contributed by atoms with Gasteiger partial charge in [0.15, 0.2) is 21.3 Å². The molecule has 10 heteroatoms. The van der Waals surface area contributed by atoms with Gasteiger partial charge in [-0.1, -0.05) is 11.6 Å². The number of halogens is 1. The number of benzene rings is 1. The van der Waals surface area contributed by atoms with Gasteiger partial charge in [-0.15, -0.1) is 0 Å². The molecule has 142 valence electrons. The molecule has 2 amide bonds. The molecule has 0 spiro atoms. The van der Waals surface area contributed by atoms with Crippen molar-refractivity contribution in [1.82, 2.24) is 10.2 Å². The number of hydrogen-bond acceptors (Lipinski definition) is 6. The van der Waals surface area contributed by atoms with E-state index in [0.717, 1.165) is 0 Å². The van der Waals surface area contributed by atoms with Crippen molar-refractivity contribution in [2.45, 2.75) is 13.0 Å². The summed E-state index contributed by atoms with van der Waals surface area (Å²) >= 11 is 6.12. The molecule has 1 N–H and O–H groups in total. The van der Waals surface area contributed by atoms with Crippen LogP contribution in [0.25, 0.3) is 0 Å². The fourth-order valence-corrected chi connectivity index (χ4v) is 4.26. The molecule has 1 atom stereocenters. The van der Waals surface area contributed by atoms with Crippen LogP contribution in [-0.2, 0) is 14.6 Å². The Bertz CT molecular complexity index is 827. The summed E-state index contributed by atoms with van der Waals surface area (Å²) in [4.78, 5) is 26.3. The normalized spacial score (nSPS) is 19.5. The lowest BCUT2D eigenvalue weighted by molar-refractivity contribution is -0.132. The average Bonchev–Trinajstić information content (AvgIpc) is 2.61. The molecule has 0 bridgehead atoms. The molecule has 1 aromatic rings. The lowest BCUT2D eigenvalue weighted by Gasteiger charge is -2.29. The second kappa shape index (κ2) is 7.32. The van der Waals surface area contributed by atoms with Gasteiger partial charge in [0.05, 0.1) is 16.5 Å². The van der Waals surface area contributed by atoms with E-state index in [9.17, 15) is 18.0 Å². The van der Waals surface area contributed by atoms with Crippen LogP contribution in [0.3, 0.4) is 0 Å². The van der Waals surface area contributed by atoms with Crippen LogP contribution < -0.4 is 14.8 Å². The van der Waals surface area contributed by atoms with Gasteiger partial charge < -0.3 is 19.7 Å². The highest BCUT2D eigenvalue weighted by Crippen LogP contribution is 2.38. The van der Waals surface area contributed by atoms with Crippen LogP contribution in [0, 0.1) is 0 Å². The number of carbonyl (C=O) groups excluding carboxylic acids is 2. The Kier molecular flexibility index (Phi) is 5.29. The Morgan fingerprint density at radius 1 is 1.19 bits per heavy atom. The minimum absolute atomic E-state index is 0.0584. The summed E-state index contributed by atoms with van der Waals surface area (Å²) in [6.45, 7) is 2.58. The lowest BCUT2D eigenvalue weighted by Crippen LogP contribution is -2.51. The molecule has 1 unspecified atom stereocenters. The number of nitrogens with one attached hydrogen (secondary N) is 1. The molecule has 26 heavy (non-hydrogen) atoms. The standard InChI is InChI=1S/C16H19ClN2O6S/c1-10(16(21)19-2-6-26(22,23)7-3-19)18-15(20)11-8-12(17)14-13(9-11)24-4-5-25-14/h8-10H,2-7H2,1H3,(H,18,20). The van der Waals surface area contributed by atoms with E-state index in [1.807, 2.05) is 0 Å². The van der Waals surface area contributed by atoms with Crippen molar-refractivity contribution < 1.29 is 27.5 Å². The minimum Gasteiger partial charge on any atom is -0.486 e. The molecule has 0 radical (unpaired) electrons. The molecule has 3 rings (SSSR count). The molecule has 8 nitrogen and oxygen atoms in total. The first-order valence-corrected chi connectivity index (χ1v) is 10.4. The monoisotopic (exact) mass is 402 g/mol. The van der Waals surface area contributed by atoms with Gasteiger partial charge >= 0.3 is 0 Å². The van der Waals surface area contributed by atoms with Crippen molar-refractivity contribution in [3.63, 3.8) is 0 Å². The zero-order valence-electron chi connectivity index (χ0n) is 14.2. The number of sulfone groups is 1. The van der Waals surface area contributed by atoms with Gasteiger partial charge in [-0.05, 0) is 19.1 Å². The van der Waals surface area contributed by atoms with E-state index in [4.69, 9.17) is 21.1 Å². The maximum absolute atomic E-state index is 12.5. The van der Waals surface area contributed by atoms with Crippen molar-refractivity contribution in [1.29, 1.82) is 0 Å². The number of fused-ring (bicyclic) bond motifs is 1. The van der Waals surface area contributed by atoms with Gasteiger partial charge in [-0.2, -0.15) is 0 Å². The largest absolute Gasteiger partial charge is 0.486 e. The van der Waals surface area contributed by atoms with Crippen molar-refractivity contribution >= 4 is 33.3 Å². The molecule has 0 aliphatic carbocycles. The van der Waals surface area contributed by atoms with E-state index in [1.165, 1.54) is 17.0 Å². The van der Waals surface area contributed by atoms with E-state index in [0.29, 0.717) is 24.7 Å². The molecule has 0 aromatic heterocycles. The topological polar surface area (TPSA) is 102 Å².